The molecule has 4 nitrogen and oxygen atoms in total. The van der Waals surface area contributed by atoms with Crippen LogP contribution in [0.25, 0.3) is 0 Å². The Kier molecular flexibility index (Phi) is 6.92. The molecule has 0 radical (unpaired) electrons. The van der Waals surface area contributed by atoms with Crippen molar-refractivity contribution in [3.8, 4) is 0 Å². The van der Waals surface area contributed by atoms with E-state index in [1.807, 2.05) is 25.6 Å². The average Bonchev–Trinajstić information content (AvgIpc) is 2.79. The molecule has 0 bridgehead atoms. The molecule has 1 N–H and O–H groups in total. The van der Waals surface area contributed by atoms with Gasteiger partial charge in [-0.25, -0.2) is 0 Å². The van der Waals surface area contributed by atoms with Crippen LogP contribution in [0, 0.1) is 0 Å². The SMILES string of the molecule is COC(=O)C(CCOC(C)C)NC1CCSC1. The van der Waals surface area contributed by atoms with E-state index in [4.69, 9.17) is 9.47 Å². The van der Waals surface area contributed by atoms with E-state index < -0.39 is 0 Å². The van der Waals surface area contributed by atoms with Crippen molar-refractivity contribution in [2.75, 3.05) is 25.2 Å². The van der Waals surface area contributed by atoms with Gasteiger partial charge in [-0.2, -0.15) is 11.8 Å². The molecule has 0 amide bonds. The third-order valence-corrected chi connectivity index (χ3v) is 3.87. The van der Waals surface area contributed by atoms with E-state index in [1.165, 1.54) is 12.9 Å². The van der Waals surface area contributed by atoms with Gasteiger partial charge in [-0.3, -0.25) is 4.79 Å². The van der Waals surface area contributed by atoms with Gasteiger partial charge in [0.1, 0.15) is 6.04 Å². The lowest BCUT2D eigenvalue weighted by atomic mass is 10.1. The summed E-state index contributed by atoms with van der Waals surface area (Å²) in [6, 6.07) is 0.200. The molecule has 0 saturated carbocycles. The van der Waals surface area contributed by atoms with Crippen LogP contribution in [0.2, 0.25) is 0 Å². The zero-order valence-electron chi connectivity index (χ0n) is 10.9. The number of esters is 1. The zero-order chi connectivity index (χ0) is 12.7. The van der Waals surface area contributed by atoms with Gasteiger partial charge in [0.25, 0.3) is 0 Å². The number of carbonyl (C=O) groups is 1. The Labute approximate surface area is 108 Å². The predicted molar refractivity (Wildman–Crippen MR) is 70.4 cm³/mol. The number of hydrogen-bond donors (Lipinski definition) is 1. The summed E-state index contributed by atoms with van der Waals surface area (Å²) in [5.41, 5.74) is 0. The van der Waals surface area contributed by atoms with Crippen molar-refractivity contribution >= 4 is 17.7 Å². The summed E-state index contributed by atoms with van der Waals surface area (Å²) in [5.74, 6) is 2.07. The molecule has 1 rings (SSSR count). The summed E-state index contributed by atoms with van der Waals surface area (Å²) in [5, 5.41) is 3.36. The van der Waals surface area contributed by atoms with Crippen LogP contribution < -0.4 is 5.32 Å². The van der Waals surface area contributed by atoms with Crippen molar-refractivity contribution in [1.82, 2.24) is 5.32 Å². The topological polar surface area (TPSA) is 47.6 Å². The zero-order valence-corrected chi connectivity index (χ0v) is 11.7. The summed E-state index contributed by atoms with van der Waals surface area (Å²) in [6.45, 7) is 4.58. The van der Waals surface area contributed by atoms with Crippen molar-refractivity contribution < 1.29 is 14.3 Å². The summed E-state index contributed by atoms with van der Waals surface area (Å²) in [7, 11) is 1.43. The van der Waals surface area contributed by atoms with Crippen LogP contribution in [-0.4, -0.2) is 49.4 Å². The monoisotopic (exact) mass is 261 g/mol. The van der Waals surface area contributed by atoms with Crippen LogP contribution in [0.15, 0.2) is 0 Å². The lowest BCUT2D eigenvalue weighted by molar-refractivity contribution is -0.144. The van der Waals surface area contributed by atoms with Gasteiger partial charge in [-0.1, -0.05) is 0 Å². The van der Waals surface area contributed by atoms with E-state index in [1.54, 1.807) is 0 Å². The van der Waals surface area contributed by atoms with Gasteiger partial charge in [0.15, 0.2) is 0 Å². The Morgan fingerprint density at radius 2 is 2.29 bits per heavy atom. The van der Waals surface area contributed by atoms with Gasteiger partial charge in [0.05, 0.1) is 13.2 Å². The van der Waals surface area contributed by atoms with Crippen LogP contribution in [0.4, 0.5) is 0 Å². The fourth-order valence-electron chi connectivity index (χ4n) is 1.78. The van der Waals surface area contributed by atoms with Crippen molar-refractivity contribution in [2.24, 2.45) is 0 Å². The summed E-state index contributed by atoms with van der Waals surface area (Å²) in [4.78, 5) is 11.6. The van der Waals surface area contributed by atoms with Crippen LogP contribution in [-0.2, 0) is 14.3 Å². The number of methoxy groups -OCH3 is 1. The maximum Gasteiger partial charge on any atom is 0.322 e. The van der Waals surface area contributed by atoms with Gasteiger partial charge >= 0.3 is 5.97 Å². The summed E-state index contributed by atoms with van der Waals surface area (Å²) >= 11 is 1.93. The first-order valence-corrected chi connectivity index (χ1v) is 7.32. The Morgan fingerprint density at radius 1 is 1.53 bits per heavy atom. The normalized spacial score (nSPS) is 21.8. The summed E-state index contributed by atoms with van der Waals surface area (Å²) in [6.07, 6.45) is 2.00. The molecule has 1 fully saturated rings. The minimum atomic E-state index is -0.234. The number of ether oxygens (including phenoxy) is 2. The Hall–Kier alpha value is -0.260. The lowest BCUT2D eigenvalue weighted by Crippen LogP contribution is -2.44. The minimum absolute atomic E-state index is 0.186. The highest BCUT2D eigenvalue weighted by molar-refractivity contribution is 7.99. The van der Waals surface area contributed by atoms with E-state index in [-0.39, 0.29) is 18.1 Å². The van der Waals surface area contributed by atoms with E-state index in [9.17, 15) is 4.79 Å². The van der Waals surface area contributed by atoms with Crippen molar-refractivity contribution in [1.29, 1.82) is 0 Å². The van der Waals surface area contributed by atoms with Gasteiger partial charge in [0, 0.05) is 18.4 Å². The molecule has 1 heterocycles. The largest absolute Gasteiger partial charge is 0.468 e. The standard InChI is InChI=1S/C12H23NO3S/c1-9(2)16-6-4-11(12(14)15-3)13-10-5-7-17-8-10/h9-11,13H,4-8H2,1-3H3. The highest BCUT2D eigenvalue weighted by Crippen LogP contribution is 2.18. The number of hydrogen-bond acceptors (Lipinski definition) is 5. The smallest absolute Gasteiger partial charge is 0.322 e. The van der Waals surface area contributed by atoms with E-state index in [0.717, 1.165) is 12.2 Å². The maximum atomic E-state index is 11.6. The first-order chi connectivity index (χ1) is 8.13. The first kappa shape index (κ1) is 14.8. The van der Waals surface area contributed by atoms with E-state index >= 15 is 0 Å². The molecule has 1 aliphatic rings. The van der Waals surface area contributed by atoms with Gasteiger partial charge < -0.3 is 14.8 Å². The van der Waals surface area contributed by atoms with E-state index in [2.05, 4.69) is 5.32 Å². The third kappa shape index (κ3) is 5.75. The average molecular weight is 261 g/mol. The molecular weight excluding hydrogens is 238 g/mol. The lowest BCUT2D eigenvalue weighted by Gasteiger charge is -2.20. The van der Waals surface area contributed by atoms with Crippen LogP contribution in [0.3, 0.4) is 0 Å². The Morgan fingerprint density at radius 3 is 2.82 bits per heavy atom. The highest BCUT2D eigenvalue weighted by atomic mass is 32.2. The molecular formula is C12H23NO3S. The van der Waals surface area contributed by atoms with Gasteiger partial charge in [-0.05, 0) is 32.4 Å². The van der Waals surface area contributed by atoms with Crippen molar-refractivity contribution in [3.05, 3.63) is 0 Å². The third-order valence-electron chi connectivity index (χ3n) is 2.71. The van der Waals surface area contributed by atoms with Crippen LogP contribution >= 0.6 is 11.8 Å². The molecule has 1 saturated heterocycles. The molecule has 0 aromatic heterocycles. The van der Waals surface area contributed by atoms with Gasteiger partial charge in [-0.15, -0.1) is 0 Å². The maximum absolute atomic E-state index is 11.6. The first-order valence-electron chi connectivity index (χ1n) is 6.16. The minimum Gasteiger partial charge on any atom is -0.468 e. The van der Waals surface area contributed by atoms with Crippen molar-refractivity contribution in [3.63, 3.8) is 0 Å². The van der Waals surface area contributed by atoms with Crippen molar-refractivity contribution in [2.45, 2.75) is 44.9 Å². The molecule has 0 spiro atoms. The molecule has 0 aromatic rings. The molecule has 1 aliphatic heterocycles. The fourth-order valence-corrected chi connectivity index (χ4v) is 2.95. The number of carbonyl (C=O) groups excluding carboxylic acids is 1. The second kappa shape index (κ2) is 7.95. The molecule has 100 valence electrons. The molecule has 5 heteroatoms. The van der Waals surface area contributed by atoms with E-state index in [0.29, 0.717) is 19.1 Å². The van der Waals surface area contributed by atoms with Gasteiger partial charge in [0.2, 0.25) is 0 Å². The molecule has 2 atom stereocenters. The second-order valence-corrected chi connectivity index (χ2v) is 5.66. The molecule has 2 unspecified atom stereocenters. The number of thioether (sulfide) groups is 1. The predicted octanol–water partition coefficient (Wildman–Crippen LogP) is 1.44. The number of rotatable bonds is 7. The van der Waals surface area contributed by atoms with Crippen LogP contribution in [0.5, 0.6) is 0 Å². The quantitative estimate of drug-likeness (QED) is 0.703. The Bertz CT molecular complexity index is 230. The number of nitrogens with one attached hydrogen (secondary N) is 1. The molecule has 17 heavy (non-hydrogen) atoms. The molecule has 0 aliphatic carbocycles. The highest BCUT2D eigenvalue weighted by Gasteiger charge is 2.24. The Balaban J connectivity index is 2.34. The summed E-state index contributed by atoms with van der Waals surface area (Å²) < 4.78 is 10.3. The molecule has 0 aromatic carbocycles. The second-order valence-electron chi connectivity index (χ2n) is 4.51. The van der Waals surface area contributed by atoms with Crippen LogP contribution in [0.1, 0.15) is 26.7 Å². The fraction of sp³-hybridized carbons (Fsp3) is 0.917.